The lowest BCUT2D eigenvalue weighted by Crippen LogP contribution is -2.45. The first-order valence-corrected chi connectivity index (χ1v) is 8.19. The lowest BCUT2D eigenvalue weighted by atomic mass is 9.64. The molecule has 2 atom stereocenters. The first-order chi connectivity index (χ1) is 8.89. The summed E-state index contributed by atoms with van der Waals surface area (Å²) in [6.45, 7) is 9.19. The molecule has 0 spiro atoms. The monoisotopic (exact) mass is 265 g/mol. The van der Waals surface area contributed by atoms with Crippen molar-refractivity contribution in [2.75, 3.05) is 0 Å². The van der Waals surface area contributed by atoms with Gasteiger partial charge in [-0.3, -0.25) is 4.79 Å². The molecule has 2 heteroatoms. The average Bonchev–Trinajstić information content (AvgIpc) is 2.80. The molecule has 0 aromatic rings. The van der Waals surface area contributed by atoms with Gasteiger partial charge in [0.1, 0.15) is 0 Å². The number of hydrogen-bond donors (Lipinski definition) is 1. The van der Waals surface area contributed by atoms with Crippen LogP contribution in [-0.4, -0.2) is 11.9 Å². The molecule has 0 heterocycles. The fourth-order valence-electron chi connectivity index (χ4n) is 4.07. The van der Waals surface area contributed by atoms with E-state index in [9.17, 15) is 4.79 Å². The Labute approximate surface area is 118 Å². The third-order valence-electron chi connectivity index (χ3n) is 5.34. The van der Waals surface area contributed by atoms with Crippen LogP contribution in [0.3, 0.4) is 0 Å². The van der Waals surface area contributed by atoms with Crippen LogP contribution in [0.1, 0.15) is 72.6 Å². The van der Waals surface area contributed by atoms with Crippen molar-refractivity contribution in [3.8, 4) is 0 Å². The van der Waals surface area contributed by atoms with Gasteiger partial charge in [0.05, 0.1) is 0 Å². The molecule has 0 aromatic heterocycles. The highest BCUT2D eigenvalue weighted by Crippen LogP contribution is 2.44. The highest BCUT2D eigenvalue weighted by atomic mass is 16.2. The van der Waals surface area contributed by atoms with Gasteiger partial charge in [-0.1, -0.05) is 40.5 Å². The SMILES string of the molecule is CC(C)C1CCC(C)(C)CC1C(=O)NC1CCCC1. The molecule has 1 N–H and O–H groups in total. The van der Waals surface area contributed by atoms with E-state index in [4.69, 9.17) is 0 Å². The van der Waals surface area contributed by atoms with Crippen LogP contribution in [0.25, 0.3) is 0 Å². The second-order valence-corrected chi connectivity index (χ2v) is 7.91. The molecular formula is C17H31NO. The Morgan fingerprint density at radius 3 is 2.37 bits per heavy atom. The smallest absolute Gasteiger partial charge is 0.223 e. The van der Waals surface area contributed by atoms with Gasteiger partial charge in [0, 0.05) is 12.0 Å². The quantitative estimate of drug-likeness (QED) is 0.816. The van der Waals surface area contributed by atoms with E-state index in [0.717, 1.165) is 6.42 Å². The minimum Gasteiger partial charge on any atom is -0.353 e. The molecule has 2 unspecified atom stereocenters. The summed E-state index contributed by atoms with van der Waals surface area (Å²) in [5, 5.41) is 3.33. The van der Waals surface area contributed by atoms with Gasteiger partial charge in [-0.2, -0.15) is 0 Å². The first kappa shape index (κ1) is 14.9. The van der Waals surface area contributed by atoms with Crippen molar-refractivity contribution >= 4 is 5.91 Å². The fraction of sp³-hybridized carbons (Fsp3) is 0.941. The van der Waals surface area contributed by atoms with Gasteiger partial charge < -0.3 is 5.32 Å². The Bertz CT molecular complexity index is 315. The number of nitrogens with one attached hydrogen (secondary N) is 1. The van der Waals surface area contributed by atoms with E-state index < -0.39 is 0 Å². The van der Waals surface area contributed by atoms with Crippen molar-refractivity contribution in [2.24, 2.45) is 23.2 Å². The summed E-state index contributed by atoms with van der Waals surface area (Å²) in [5.41, 5.74) is 0.336. The predicted molar refractivity (Wildman–Crippen MR) is 79.8 cm³/mol. The Morgan fingerprint density at radius 1 is 1.16 bits per heavy atom. The van der Waals surface area contributed by atoms with Crippen LogP contribution >= 0.6 is 0 Å². The zero-order valence-corrected chi connectivity index (χ0v) is 13.2. The lowest BCUT2D eigenvalue weighted by Gasteiger charge is -2.42. The molecule has 2 rings (SSSR count). The molecule has 19 heavy (non-hydrogen) atoms. The topological polar surface area (TPSA) is 29.1 Å². The van der Waals surface area contributed by atoms with Crippen molar-refractivity contribution in [2.45, 2.75) is 78.7 Å². The summed E-state index contributed by atoms with van der Waals surface area (Å²) >= 11 is 0. The Balaban J connectivity index is 2.01. The Morgan fingerprint density at radius 2 is 1.79 bits per heavy atom. The molecule has 0 saturated heterocycles. The fourth-order valence-corrected chi connectivity index (χ4v) is 4.07. The average molecular weight is 265 g/mol. The summed E-state index contributed by atoms with van der Waals surface area (Å²) in [6, 6.07) is 0.463. The highest BCUT2D eigenvalue weighted by Gasteiger charge is 2.40. The van der Waals surface area contributed by atoms with Crippen molar-refractivity contribution in [1.82, 2.24) is 5.32 Å². The van der Waals surface area contributed by atoms with Crippen LogP contribution in [-0.2, 0) is 4.79 Å². The van der Waals surface area contributed by atoms with E-state index in [0.29, 0.717) is 29.2 Å². The molecule has 0 bridgehead atoms. The van der Waals surface area contributed by atoms with Gasteiger partial charge in [-0.25, -0.2) is 0 Å². The van der Waals surface area contributed by atoms with Crippen LogP contribution in [0, 0.1) is 23.2 Å². The molecule has 2 fully saturated rings. The standard InChI is InChI=1S/C17H31NO/c1-12(2)14-9-10-17(3,4)11-15(14)16(19)18-13-7-5-6-8-13/h12-15H,5-11H2,1-4H3,(H,18,19). The first-order valence-electron chi connectivity index (χ1n) is 8.19. The van der Waals surface area contributed by atoms with Crippen molar-refractivity contribution in [3.05, 3.63) is 0 Å². The molecular weight excluding hydrogens is 234 g/mol. The minimum absolute atomic E-state index is 0.240. The van der Waals surface area contributed by atoms with E-state index in [2.05, 4.69) is 33.0 Å². The molecule has 0 aromatic carbocycles. The number of carbonyl (C=O) groups excluding carboxylic acids is 1. The highest BCUT2D eigenvalue weighted by molar-refractivity contribution is 5.79. The maximum atomic E-state index is 12.6. The maximum Gasteiger partial charge on any atom is 0.223 e. The molecule has 2 aliphatic rings. The van der Waals surface area contributed by atoms with Crippen LogP contribution in [0.15, 0.2) is 0 Å². The van der Waals surface area contributed by atoms with Crippen LogP contribution < -0.4 is 5.32 Å². The van der Waals surface area contributed by atoms with Gasteiger partial charge in [-0.15, -0.1) is 0 Å². The van der Waals surface area contributed by atoms with Crippen molar-refractivity contribution in [3.63, 3.8) is 0 Å². The van der Waals surface area contributed by atoms with Crippen LogP contribution in [0.5, 0.6) is 0 Å². The number of carbonyl (C=O) groups is 1. The third kappa shape index (κ3) is 3.73. The summed E-state index contributed by atoms with van der Waals surface area (Å²) in [4.78, 5) is 12.6. The predicted octanol–water partition coefficient (Wildman–Crippen LogP) is 4.14. The summed E-state index contributed by atoms with van der Waals surface area (Å²) in [6.07, 6.45) is 8.50. The number of amides is 1. The molecule has 2 saturated carbocycles. The summed E-state index contributed by atoms with van der Waals surface area (Å²) in [5.74, 6) is 1.78. The second-order valence-electron chi connectivity index (χ2n) is 7.91. The Hall–Kier alpha value is -0.530. The van der Waals surface area contributed by atoms with E-state index in [1.54, 1.807) is 0 Å². The van der Waals surface area contributed by atoms with Crippen LogP contribution in [0.2, 0.25) is 0 Å². The molecule has 110 valence electrons. The van der Waals surface area contributed by atoms with Crippen LogP contribution in [0.4, 0.5) is 0 Å². The molecule has 0 radical (unpaired) electrons. The zero-order valence-electron chi connectivity index (χ0n) is 13.2. The van der Waals surface area contributed by atoms with Gasteiger partial charge in [0.2, 0.25) is 5.91 Å². The van der Waals surface area contributed by atoms with Crippen molar-refractivity contribution in [1.29, 1.82) is 0 Å². The zero-order chi connectivity index (χ0) is 14.0. The van der Waals surface area contributed by atoms with Gasteiger partial charge in [0.15, 0.2) is 0 Å². The van der Waals surface area contributed by atoms with E-state index in [-0.39, 0.29) is 5.92 Å². The largest absolute Gasteiger partial charge is 0.353 e. The van der Waals surface area contributed by atoms with Crippen molar-refractivity contribution < 1.29 is 4.79 Å². The number of rotatable bonds is 3. The third-order valence-corrected chi connectivity index (χ3v) is 5.34. The van der Waals surface area contributed by atoms with E-state index in [1.165, 1.54) is 38.5 Å². The van der Waals surface area contributed by atoms with E-state index in [1.807, 2.05) is 0 Å². The normalized spacial score (nSPS) is 31.6. The molecule has 1 amide bonds. The van der Waals surface area contributed by atoms with Gasteiger partial charge >= 0.3 is 0 Å². The van der Waals surface area contributed by atoms with Gasteiger partial charge in [0.25, 0.3) is 0 Å². The molecule has 2 nitrogen and oxygen atoms in total. The second kappa shape index (κ2) is 5.85. The van der Waals surface area contributed by atoms with E-state index >= 15 is 0 Å². The lowest BCUT2D eigenvalue weighted by molar-refractivity contribution is -0.131. The summed E-state index contributed by atoms with van der Waals surface area (Å²) < 4.78 is 0. The summed E-state index contributed by atoms with van der Waals surface area (Å²) in [7, 11) is 0. The molecule has 2 aliphatic carbocycles. The maximum absolute atomic E-state index is 12.6. The Kier molecular flexibility index (Phi) is 4.58. The number of hydrogen-bond acceptors (Lipinski definition) is 1. The molecule has 0 aliphatic heterocycles. The minimum atomic E-state index is 0.240. The van der Waals surface area contributed by atoms with Gasteiger partial charge in [-0.05, 0) is 49.4 Å².